The zero-order chi connectivity index (χ0) is 20.1. The van der Waals surface area contributed by atoms with Crippen molar-refractivity contribution < 1.29 is 19.0 Å². The standard InChI is InChI=1S/C21H27N3O4/c1-23(2)14-17-19(15-8-6-5-7-9-15)24(12-13-28-17)21(25)16-10-11-18(26-3)22-20(16)27-4/h5-11,17,19H,12-14H2,1-4H3/t17-,19-/m0/s1. The largest absolute Gasteiger partial charge is 0.481 e. The van der Waals surface area contributed by atoms with Gasteiger partial charge in [-0.2, -0.15) is 4.98 Å². The number of pyridine rings is 1. The Hall–Kier alpha value is -2.64. The molecule has 1 saturated heterocycles. The number of benzene rings is 1. The predicted octanol–water partition coefficient (Wildman–Crippen LogP) is 2.24. The summed E-state index contributed by atoms with van der Waals surface area (Å²) in [5.41, 5.74) is 1.46. The Bertz CT molecular complexity index is 797. The molecule has 0 spiro atoms. The fraction of sp³-hybridized carbons (Fsp3) is 0.429. The van der Waals surface area contributed by atoms with Gasteiger partial charge in [0.25, 0.3) is 5.91 Å². The zero-order valence-electron chi connectivity index (χ0n) is 16.8. The maximum absolute atomic E-state index is 13.5. The van der Waals surface area contributed by atoms with Crippen LogP contribution in [0.5, 0.6) is 11.8 Å². The number of hydrogen-bond donors (Lipinski definition) is 0. The Labute approximate surface area is 165 Å². The third-order valence-electron chi connectivity index (χ3n) is 4.77. The summed E-state index contributed by atoms with van der Waals surface area (Å²) >= 11 is 0. The fourth-order valence-electron chi connectivity index (χ4n) is 3.53. The molecule has 0 saturated carbocycles. The van der Waals surface area contributed by atoms with Crippen molar-refractivity contribution in [3.8, 4) is 11.8 Å². The number of likely N-dealkylation sites (N-methyl/N-ethyl adjacent to an activating group) is 1. The minimum Gasteiger partial charge on any atom is -0.481 e. The second-order valence-corrected chi connectivity index (χ2v) is 6.94. The first-order valence-corrected chi connectivity index (χ1v) is 9.26. The Kier molecular flexibility index (Phi) is 6.49. The van der Waals surface area contributed by atoms with E-state index in [4.69, 9.17) is 14.2 Å². The molecule has 1 amide bonds. The van der Waals surface area contributed by atoms with E-state index in [1.54, 1.807) is 12.1 Å². The number of ether oxygens (including phenoxy) is 3. The summed E-state index contributed by atoms with van der Waals surface area (Å²) in [5.74, 6) is 0.528. The molecular weight excluding hydrogens is 358 g/mol. The molecule has 2 heterocycles. The van der Waals surface area contributed by atoms with Gasteiger partial charge in [0.1, 0.15) is 5.56 Å². The maximum Gasteiger partial charge on any atom is 0.260 e. The minimum atomic E-state index is -0.198. The number of nitrogens with zero attached hydrogens (tertiary/aromatic N) is 3. The van der Waals surface area contributed by atoms with Crippen molar-refractivity contribution >= 4 is 5.91 Å². The number of aromatic nitrogens is 1. The van der Waals surface area contributed by atoms with E-state index in [1.165, 1.54) is 14.2 Å². The average Bonchev–Trinajstić information content (AvgIpc) is 2.72. The summed E-state index contributed by atoms with van der Waals surface area (Å²) in [7, 11) is 7.04. The van der Waals surface area contributed by atoms with Crippen LogP contribution < -0.4 is 9.47 Å². The molecule has 7 nitrogen and oxygen atoms in total. The number of methoxy groups -OCH3 is 2. The lowest BCUT2D eigenvalue weighted by atomic mass is 9.96. The van der Waals surface area contributed by atoms with Gasteiger partial charge in [0.05, 0.1) is 33.0 Å². The van der Waals surface area contributed by atoms with E-state index >= 15 is 0 Å². The van der Waals surface area contributed by atoms with E-state index in [0.29, 0.717) is 31.1 Å². The lowest BCUT2D eigenvalue weighted by Gasteiger charge is -2.42. The Morgan fingerprint density at radius 2 is 1.93 bits per heavy atom. The van der Waals surface area contributed by atoms with Crippen molar-refractivity contribution in [1.29, 1.82) is 0 Å². The second kappa shape index (κ2) is 9.03. The van der Waals surface area contributed by atoms with Crippen molar-refractivity contribution in [3.63, 3.8) is 0 Å². The van der Waals surface area contributed by atoms with Crippen LogP contribution in [0.4, 0.5) is 0 Å². The summed E-state index contributed by atoms with van der Waals surface area (Å²) in [6.07, 6.45) is -0.132. The molecule has 1 aliphatic rings. The van der Waals surface area contributed by atoms with Gasteiger partial charge < -0.3 is 24.0 Å². The molecule has 28 heavy (non-hydrogen) atoms. The molecule has 0 aliphatic carbocycles. The molecule has 0 bridgehead atoms. The van der Waals surface area contributed by atoms with Gasteiger partial charge in [0.15, 0.2) is 0 Å². The van der Waals surface area contributed by atoms with Gasteiger partial charge in [0, 0.05) is 19.2 Å². The van der Waals surface area contributed by atoms with E-state index in [2.05, 4.69) is 9.88 Å². The van der Waals surface area contributed by atoms with Gasteiger partial charge in [-0.3, -0.25) is 4.79 Å². The monoisotopic (exact) mass is 385 g/mol. The number of rotatable bonds is 6. The van der Waals surface area contributed by atoms with Crippen LogP contribution >= 0.6 is 0 Å². The molecule has 2 aromatic rings. The Balaban J connectivity index is 1.98. The summed E-state index contributed by atoms with van der Waals surface area (Å²) in [6, 6.07) is 13.2. The quantitative estimate of drug-likeness (QED) is 0.760. The predicted molar refractivity (Wildman–Crippen MR) is 106 cm³/mol. The van der Waals surface area contributed by atoms with Crippen molar-refractivity contribution in [2.24, 2.45) is 0 Å². The highest BCUT2D eigenvalue weighted by Crippen LogP contribution is 2.33. The van der Waals surface area contributed by atoms with Gasteiger partial charge in [-0.15, -0.1) is 0 Å². The summed E-state index contributed by atoms with van der Waals surface area (Å²) in [4.78, 5) is 21.7. The maximum atomic E-state index is 13.5. The highest BCUT2D eigenvalue weighted by molar-refractivity contribution is 5.96. The van der Waals surface area contributed by atoms with E-state index in [-0.39, 0.29) is 23.9 Å². The normalized spacial score (nSPS) is 19.5. The molecule has 150 valence electrons. The zero-order valence-corrected chi connectivity index (χ0v) is 16.8. The van der Waals surface area contributed by atoms with Gasteiger partial charge in [-0.1, -0.05) is 30.3 Å². The van der Waals surface area contributed by atoms with Crippen molar-refractivity contribution in [3.05, 3.63) is 53.6 Å². The fourth-order valence-corrected chi connectivity index (χ4v) is 3.53. The van der Waals surface area contributed by atoms with Crippen LogP contribution in [0.15, 0.2) is 42.5 Å². The minimum absolute atomic E-state index is 0.132. The van der Waals surface area contributed by atoms with Gasteiger partial charge in [-0.25, -0.2) is 0 Å². The van der Waals surface area contributed by atoms with Crippen LogP contribution in [-0.4, -0.2) is 74.8 Å². The lowest BCUT2D eigenvalue weighted by molar-refractivity contribution is -0.0685. The first-order valence-electron chi connectivity index (χ1n) is 9.26. The van der Waals surface area contributed by atoms with E-state index in [1.807, 2.05) is 49.3 Å². The van der Waals surface area contributed by atoms with Crippen molar-refractivity contribution in [1.82, 2.24) is 14.8 Å². The molecule has 1 aromatic carbocycles. The molecule has 1 aliphatic heterocycles. The van der Waals surface area contributed by atoms with Gasteiger partial charge in [-0.05, 0) is 25.7 Å². The van der Waals surface area contributed by atoms with Crippen LogP contribution in [-0.2, 0) is 4.74 Å². The molecule has 1 fully saturated rings. The third-order valence-corrected chi connectivity index (χ3v) is 4.77. The summed E-state index contributed by atoms with van der Waals surface area (Å²) < 4.78 is 16.6. The third kappa shape index (κ3) is 4.26. The van der Waals surface area contributed by atoms with Gasteiger partial charge >= 0.3 is 0 Å². The van der Waals surface area contributed by atoms with E-state index < -0.39 is 0 Å². The molecule has 7 heteroatoms. The van der Waals surface area contributed by atoms with Crippen molar-refractivity contribution in [2.75, 3.05) is 48.0 Å². The Morgan fingerprint density at radius 1 is 1.18 bits per heavy atom. The van der Waals surface area contributed by atoms with Crippen LogP contribution in [0.1, 0.15) is 22.0 Å². The average molecular weight is 385 g/mol. The lowest BCUT2D eigenvalue weighted by Crippen LogP contribution is -2.51. The molecule has 2 atom stereocenters. The number of amides is 1. The molecule has 0 radical (unpaired) electrons. The number of morpholine rings is 1. The summed E-state index contributed by atoms with van der Waals surface area (Å²) in [6.45, 7) is 1.69. The molecule has 0 N–H and O–H groups in total. The van der Waals surface area contributed by atoms with Gasteiger partial charge in [0.2, 0.25) is 11.8 Å². The van der Waals surface area contributed by atoms with Crippen molar-refractivity contribution in [2.45, 2.75) is 12.1 Å². The highest BCUT2D eigenvalue weighted by Gasteiger charge is 2.38. The van der Waals surface area contributed by atoms with E-state index in [0.717, 1.165) is 5.56 Å². The number of hydrogen-bond acceptors (Lipinski definition) is 6. The van der Waals surface area contributed by atoms with E-state index in [9.17, 15) is 4.79 Å². The second-order valence-electron chi connectivity index (χ2n) is 6.94. The van der Waals surface area contributed by atoms with Crippen LogP contribution in [0, 0.1) is 0 Å². The molecular formula is C21H27N3O4. The van der Waals surface area contributed by atoms with Crippen LogP contribution in [0.25, 0.3) is 0 Å². The van der Waals surface area contributed by atoms with Crippen LogP contribution in [0.2, 0.25) is 0 Å². The highest BCUT2D eigenvalue weighted by atomic mass is 16.5. The smallest absolute Gasteiger partial charge is 0.260 e. The topological polar surface area (TPSA) is 64.1 Å². The molecule has 3 rings (SSSR count). The molecule has 1 aromatic heterocycles. The SMILES string of the molecule is COc1ccc(C(=O)N2CCO[C@@H](CN(C)C)[C@@H]2c2ccccc2)c(OC)n1. The number of carbonyl (C=O) groups excluding carboxylic acids is 1. The Morgan fingerprint density at radius 3 is 2.57 bits per heavy atom. The first-order chi connectivity index (χ1) is 13.5. The van der Waals surface area contributed by atoms with Crippen LogP contribution in [0.3, 0.4) is 0 Å². The first kappa shape index (κ1) is 20.1. The molecule has 0 unspecified atom stereocenters. The number of carbonyl (C=O) groups is 1. The summed E-state index contributed by atoms with van der Waals surface area (Å²) in [5, 5.41) is 0.